The van der Waals surface area contributed by atoms with E-state index in [4.69, 9.17) is 0 Å². The fourth-order valence-electron chi connectivity index (χ4n) is 1.01. The second-order valence-electron chi connectivity index (χ2n) is 2.97. The lowest BCUT2D eigenvalue weighted by Crippen LogP contribution is -2.01. The average Bonchev–Trinajstić information content (AvgIpc) is 2.03. The van der Waals surface area contributed by atoms with Gasteiger partial charge in [-0.1, -0.05) is 48.6 Å². The molecule has 0 aliphatic heterocycles. The van der Waals surface area contributed by atoms with Crippen molar-refractivity contribution in [2.24, 2.45) is 0 Å². The van der Waals surface area contributed by atoms with Crippen LogP contribution in [0.2, 0.25) is 0 Å². The van der Waals surface area contributed by atoms with E-state index in [1.54, 1.807) is 0 Å². The highest BCUT2D eigenvalue weighted by molar-refractivity contribution is 7.30. The molecule has 0 heterocycles. The molecular formula is C9H15NP2. The number of hydrogen-bond donors (Lipinski definition) is 0. The van der Waals surface area contributed by atoms with E-state index in [-0.39, 0.29) is 0 Å². The first kappa shape index (κ1) is 10.1. The summed E-state index contributed by atoms with van der Waals surface area (Å²) in [6, 6.07) is 8.69. The number of rotatable bonds is 3. The molecule has 0 spiro atoms. The van der Waals surface area contributed by atoms with E-state index in [0.717, 1.165) is 13.0 Å². The number of aryl methyl sites for hydroxylation is 1. The topological polar surface area (TPSA) is 3.24 Å². The highest BCUT2D eigenvalue weighted by Crippen LogP contribution is 2.09. The first-order valence-electron chi connectivity index (χ1n) is 4.01. The van der Waals surface area contributed by atoms with E-state index >= 15 is 0 Å². The molecule has 1 nitrogen and oxygen atoms in total. The first-order chi connectivity index (χ1) is 5.68. The van der Waals surface area contributed by atoms with Gasteiger partial charge in [0.1, 0.15) is 0 Å². The molecule has 0 fully saturated rings. The second kappa shape index (κ2) is 4.92. The van der Waals surface area contributed by atoms with Gasteiger partial charge in [0.25, 0.3) is 0 Å². The number of hydrogen-bond acceptors (Lipinski definition) is 1. The second-order valence-corrected chi connectivity index (χ2v) is 4.90. The minimum atomic E-state index is 1.05. The Bertz CT molecular complexity index is 231. The molecule has 1 aromatic carbocycles. The van der Waals surface area contributed by atoms with Crippen LogP contribution in [0.4, 0.5) is 0 Å². The Morgan fingerprint density at radius 3 is 2.25 bits per heavy atom. The van der Waals surface area contributed by atoms with Crippen LogP contribution in [0.1, 0.15) is 11.1 Å². The Hall–Kier alpha value is 0.0400. The van der Waals surface area contributed by atoms with Crippen LogP contribution in [-0.2, 0) is 6.42 Å². The van der Waals surface area contributed by atoms with Crippen molar-refractivity contribution < 1.29 is 0 Å². The largest absolute Gasteiger partial charge is 0.272 e. The monoisotopic (exact) mass is 199 g/mol. The summed E-state index contributed by atoms with van der Waals surface area (Å²) in [6.07, 6.45) is 1.10. The molecule has 0 aliphatic rings. The SMILES string of the molecule is Cc1ccc(CCN(P)P)cc1. The molecule has 0 amide bonds. The molecule has 1 rings (SSSR count). The molecule has 0 N–H and O–H groups in total. The smallest absolute Gasteiger partial charge is 0.00913 e. The first-order valence-corrected chi connectivity index (χ1v) is 5.04. The Morgan fingerprint density at radius 1 is 1.17 bits per heavy atom. The standard InChI is InChI=1S/C9H15NP2/c1-8-2-4-9(5-3-8)6-7-10(11)12/h2-5H,6-7,11-12H2,1H3. The van der Waals surface area contributed by atoms with Gasteiger partial charge in [-0.15, -0.1) is 0 Å². The van der Waals surface area contributed by atoms with E-state index in [1.165, 1.54) is 11.1 Å². The van der Waals surface area contributed by atoms with Crippen LogP contribution in [0.5, 0.6) is 0 Å². The predicted octanol–water partition coefficient (Wildman–Crippen LogP) is 2.42. The van der Waals surface area contributed by atoms with Crippen molar-refractivity contribution in [1.82, 2.24) is 4.44 Å². The Kier molecular flexibility index (Phi) is 4.15. The molecule has 0 saturated carbocycles. The van der Waals surface area contributed by atoms with E-state index in [2.05, 4.69) is 50.0 Å². The van der Waals surface area contributed by atoms with Crippen LogP contribution in [0, 0.1) is 6.92 Å². The van der Waals surface area contributed by atoms with Crippen LogP contribution < -0.4 is 0 Å². The van der Waals surface area contributed by atoms with Gasteiger partial charge in [-0.25, -0.2) is 0 Å². The van der Waals surface area contributed by atoms with Crippen LogP contribution in [0.15, 0.2) is 24.3 Å². The highest BCUT2D eigenvalue weighted by Gasteiger charge is 1.93. The van der Waals surface area contributed by atoms with Crippen LogP contribution >= 0.6 is 18.8 Å². The lowest BCUT2D eigenvalue weighted by Gasteiger charge is -2.08. The normalized spacial score (nSPS) is 10.7. The fourth-order valence-corrected chi connectivity index (χ4v) is 1.27. The molecule has 0 aromatic heterocycles. The summed E-state index contributed by atoms with van der Waals surface area (Å²) in [5.74, 6) is 0. The fraction of sp³-hybridized carbons (Fsp3) is 0.333. The number of nitrogens with zero attached hydrogens (tertiary/aromatic N) is 1. The zero-order chi connectivity index (χ0) is 8.97. The maximum atomic E-state index is 2.63. The summed E-state index contributed by atoms with van der Waals surface area (Å²) in [5.41, 5.74) is 2.72. The maximum Gasteiger partial charge on any atom is 0.00913 e. The summed E-state index contributed by atoms with van der Waals surface area (Å²) in [4.78, 5) is 0. The van der Waals surface area contributed by atoms with E-state index < -0.39 is 0 Å². The van der Waals surface area contributed by atoms with Gasteiger partial charge < -0.3 is 0 Å². The van der Waals surface area contributed by atoms with Gasteiger partial charge in [0.15, 0.2) is 0 Å². The van der Waals surface area contributed by atoms with Gasteiger partial charge >= 0.3 is 0 Å². The third kappa shape index (κ3) is 3.63. The van der Waals surface area contributed by atoms with Gasteiger partial charge in [0, 0.05) is 6.54 Å². The lowest BCUT2D eigenvalue weighted by atomic mass is 10.1. The minimum absolute atomic E-state index is 1.05. The predicted molar refractivity (Wildman–Crippen MR) is 61.0 cm³/mol. The molecule has 0 bridgehead atoms. The van der Waals surface area contributed by atoms with Crippen molar-refractivity contribution in [1.29, 1.82) is 0 Å². The molecule has 0 aliphatic carbocycles. The Morgan fingerprint density at radius 2 is 1.75 bits per heavy atom. The molecule has 1 aromatic rings. The quantitative estimate of drug-likeness (QED) is 0.676. The van der Waals surface area contributed by atoms with Crippen molar-refractivity contribution in [3.63, 3.8) is 0 Å². The summed E-state index contributed by atoms with van der Waals surface area (Å²) in [7, 11) is 5.27. The third-order valence-electron chi connectivity index (χ3n) is 1.78. The van der Waals surface area contributed by atoms with Crippen LogP contribution in [0.3, 0.4) is 0 Å². The molecule has 0 saturated heterocycles. The van der Waals surface area contributed by atoms with Crippen molar-refractivity contribution in [2.45, 2.75) is 13.3 Å². The van der Waals surface area contributed by atoms with E-state index in [9.17, 15) is 0 Å². The van der Waals surface area contributed by atoms with E-state index in [0.29, 0.717) is 0 Å². The maximum absolute atomic E-state index is 2.63. The Balaban J connectivity index is 2.48. The summed E-state index contributed by atoms with van der Waals surface area (Å²) < 4.78 is 2.04. The van der Waals surface area contributed by atoms with E-state index in [1.807, 2.05) is 4.44 Å². The van der Waals surface area contributed by atoms with Gasteiger partial charge in [-0.3, -0.25) is 4.44 Å². The van der Waals surface area contributed by atoms with Gasteiger partial charge in [0.2, 0.25) is 0 Å². The molecule has 3 heteroatoms. The molecule has 0 radical (unpaired) electrons. The molecule has 66 valence electrons. The molecular weight excluding hydrogens is 184 g/mol. The van der Waals surface area contributed by atoms with Gasteiger partial charge in [0.05, 0.1) is 0 Å². The highest BCUT2D eigenvalue weighted by atomic mass is 31.1. The van der Waals surface area contributed by atoms with Gasteiger partial charge in [-0.05, 0) is 18.9 Å². The van der Waals surface area contributed by atoms with Crippen LogP contribution in [0.25, 0.3) is 0 Å². The molecule has 12 heavy (non-hydrogen) atoms. The zero-order valence-corrected chi connectivity index (χ0v) is 9.63. The number of benzene rings is 1. The van der Waals surface area contributed by atoms with Crippen molar-refractivity contribution >= 4 is 18.8 Å². The minimum Gasteiger partial charge on any atom is -0.272 e. The van der Waals surface area contributed by atoms with Gasteiger partial charge in [-0.2, -0.15) is 0 Å². The van der Waals surface area contributed by atoms with Crippen molar-refractivity contribution in [2.75, 3.05) is 6.54 Å². The molecule has 2 atom stereocenters. The average molecular weight is 199 g/mol. The van der Waals surface area contributed by atoms with Crippen molar-refractivity contribution in [3.05, 3.63) is 35.4 Å². The summed E-state index contributed by atoms with van der Waals surface area (Å²) in [6.45, 7) is 3.17. The summed E-state index contributed by atoms with van der Waals surface area (Å²) in [5, 5.41) is 0. The Labute approximate surface area is 79.1 Å². The van der Waals surface area contributed by atoms with Crippen molar-refractivity contribution in [3.8, 4) is 0 Å². The third-order valence-corrected chi connectivity index (χ3v) is 2.30. The molecule has 2 unspecified atom stereocenters. The zero-order valence-electron chi connectivity index (χ0n) is 7.33. The summed E-state index contributed by atoms with van der Waals surface area (Å²) >= 11 is 0. The lowest BCUT2D eigenvalue weighted by molar-refractivity contribution is 0.726. The van der Waals surface area contributed by atoms with Crippen LogP contribution in [-0.4, -0.2) is 11.0 Å².